The Bertz CT molecular complexity index is 525. The predicted octanol–water partition coefficient (Wildman–Crippen LogP) is 3.63. The first-order valence-corrected chi connectivity index (χ1v) is 9.22. The number of nitrogens with one attached hydrogen (secondary N) is 1. The Balaban J connectivity index is 1.60. The van der Waals surface area contributed by atoms with E-state index in [1.54, 1.807) is 0 Å². The molecule has 1 unspecified atom stereocenters. The molecule has 1 aromatic heterocycles. The Hall–Kier alpha value is -1.58. The van der Waals surface area contributed by atoms with E-state index < -0.39 is 0 Å². The summed E-state index contributed by atoms with van der Waals surface area (Å²) < 4.78 is 0. The van der Waals surface area contributed by atoms with E-state index in [-0.39, 0.29) is 0 Å². The molecule has 1 aromatic rings. The second-order valence-corrected chi connectivity index (χ2v) is 6.97. The maximum absolute atomic E-state index is 12.8. The summed E-state index contributed by atoms with van der Waals surface area (Å²) in [5.74, 6) is 1.66. The molecule has 1 aliphatic heterocycles. The molecule has 4 heteroatoms. The van der Waals surface area contributed by atoms with Crippen LogP contribution in [0.25, 0.3) is 0 Å². The lowest BCUT2D eigenvalue weighted by atomic mass is 9.94. The van der Waals surface area contributed by atoms with Gasteiger partial charge in [0.1, 0.15) is 5.82 Å². The van der Waals surface area contributed by atoms with Crippen LogP contribution >= 0.6 is 0 Å². The highest BCUT2D eigenvalue weighted by Crippen LogP contribution is 2.30. The van der Waals surface area contributed by atoms with Crippen LogP contribution in [0.4, 0.5) is 5.82 Å². The van der Waals surface area contributed by atoms with Gasteiger partial charge in [0, 0.05) is 31.2 Å². The van der Waals surface area contributed by atoms with E-state index in [2.05, 4.69) is 27.3 Å². The van der Waals surface area contributed by atoms with Crippen molar-refractivity contribution in [3.63, 3.8) is 0 Å². The van der Waals surface area contributed by atoms with Crippen molar-refractivity contribution in [2.45, 2.75) is 63.8 Å². The average Bonchev–Trinajstić information content (AvgIpc) is 3.14. The Morgan fingerprint density at radius 2 is 2.00 bits per heavy atom. The number of likely N-dealkylation sites (tertiary alicyclic amines) is 1. The standard InChI is InChI=1S/C19H29N3O/c1-20-18-11-6-9-16(21-18)12-13-17-10-4-5-14-22(17)19(23)15-7-2-3-8-15/h6,9,11,15,17H,2-5,7-8,10,12-14H2,1H3,(H,20,21). The Kier molecular flexibility index (Phi) is 5.52. The SMILES string of the molecule is CNc1cccc(CCC2CCCCN2C(=O)C2CCCC2)n1. The molecule has 2 fully saturated rings. The van der Waals surface area contributed by atoms with Crippen LogP contribution in [-0.4, -0.2) is 35.4 Å². The molecule has 1 saturated carbocycles. The summed E-state index contributed by atoms with van der Waals surface area (Å²) in [5.41, 5.74) is 1.12. The average molecular weight is 315 g/mol. The number of carbonyl (C=O) groups is 1. The number of hydrogen-bond donors (Lipinski definition) is 1. The molecular weight excluding hydrogens is 286 g/mol. The molecule has 1 atom stereocenters. The smallest absolute Gasteiger partial charge is 0.225 e. The highest BCUT2D eigenvalue weighted by Gasteiger charge is 2.32. The van der Waals surface area contributed by atoms with Crippen molar-refractivity contribution in [2.24, 2.45) is 5.92 Å². The lowest BCUT2D eigenvalue weighted by Gasteiger charge is -2.37. The molecule has 1 aliphatic carbocycles. The molecule has 2 heterocycles. The third-order valence-corrected chi connectivity index (χ3v) is 5.41. The molecule has 126 valence electrons. The lowest BCUT2D eigenvalue weighted by molar-refractivity contribution is -0.139. The molecule has 0 radical (unpaired) electrons. The Labute approximate surface area is 139 Å². The summed E-state index contributed by atoms with van der Waals surface area (Å²) >= 11 is 0. The van der Waals surface area contributed by atoms with Gasteiger partial charge in [-0.2, -0.15) is 0 Å². The zero-order chi connectivity index (χ0) is 16.1. The molecule has 2 aliphatic rings. The summed E-state index contributed by atoms with van der Waals surface area (Å²) in [6.07, 6.45) is 10.2. The van der Waals surface area contributed by atoms with Gasteiger partial charge in [-0.25, -0.2) is 4.98 Å². The second kappa shape index (κ2) is 7.80. The zero-order valence-electron chi connectivity index (χ0n) is 14.3. The monoisotopic (exact) mass is 315 g/mol. The van der Waals surface area contributed by atoms with Gasteiger partial charge in [-0.3, -0.25) is 4.79 Å². The van der Waals surface area contributed by atoms with Crippen LogP contribution in [0.1, 0.15) is 57.1 Å². The van der Waals surface area contributed by atoms with Gasteiger partial charge in [0.05, 0.1) is 0 Å². The molecule has 23 heavy (non-hydrogen) atoms. The van der Waals surface area contributed by atoms with Crippen LogP contribution in [0.15, 0.2) is 18.2 Å². The van der Waals surface area contributed by atoms with E-state index in [0.717, 1.165) is 50.2 Å². The minimum Gasteiger partial charge on any atom is -0.373 e. The minimum atomic E-state index is 0.307. The number of amides is 1. The van der Waals surface area contributed by atoms with Gasteiger partial charge in [0.2, 0.25) is 5.91 Å². The number of aromatic nitrogens is 1. The fourth-order valence-electron chi connectivity index (χ4n) is 4.07. The number of anilines is 1. The van der Waals surface area contributed by atoms with E-state index in [1.807, 2.05) is 13.1 Å². The molecule has 0 bridgehead atoms. The number of carbonyl (C=O) groups excluding carboxylic acids is 1. The Morgan fingerprint density at radius 1 is 1.22 bits per heavy atom. The molecule has 1 amide bonds. The molecule has 4 nitrogen and oxygen atoms in total. The number of piperidine rings is 1. The molecule has 0 aromatic carbocycles. The van der Waals surface area contributed by atoms with Gasteiger partial charge >= 0.3 is 0 Å². The summed E-state index contributed by atoms with van der Waals surface area (Å²) in [5, 5.41) is 3.09. The summed E-state index contributed by atoms with van der Waals surface area (Å²) in [7, 11) is 1.90. The fraction of sp³-hybridized carbons (Fsp3) is 0.684. The molecular formula is C19H29N3O. The largest absolute Gasteiger partial charge is 0.373 e. The number of pyridine rings is 1. The maximum atomic E-state index is 12.8. The van der Waals surface area contributed by atoms with Crippen LogP contribution in [0.5, 0.6) is 0 Å². The summed E-state index contributed by atoms with van der Waals surface area (Å²) in [4.78, 5) is 19.6. The quantitative estimate of drug-likeness (QED) is 0.902. The van der Waals surface area contributed by atoms with E-state index in [9.17, 15) is 4.79 Å². The van der Waals surface area contributed by atoms with Crippen LogP contribution in [0.3, 0.4) is 0 Å². The fourth-order valence-corrected chi connectivity index (χ4v) is 4.07. The zero-order valence-corrected chi connectivity index (χ0v) is 14.3. The van der Waals surface area contributed by atoms with Crippen molar-refractivity contribution in [1.29, 1.82) is 0 Å². The van der Waals surface area contributed by atoms with Crippen LogP contribution in [0.2, 0.25) is 0 Å². The van der Waals surface area contributed by atoms with Crippen LogP contribution < -0.4 is 5.32 Å². The predicted molar refractivity (Wildman–Crippen MR) is 93.4 cm³/mol. The van der Waals surface area contributed by atoms with Gasteiger partial charge in [0.25, 0.3) is 0 Å². The van der Waals surface area contributed by atoms with Crippen LogP contribution in [-0.2, 0) is 11.2 Å². The van der Waals surface area contributed by atoms with E-state index in [0.29, 0.717) is 17.9 Å². The normalized spacial score (nSPS) is 22.3. The lowest BCUT2D eigenvalue weighted by Crippen LogP contribution is -2.46. The third-order valence-electron chi connectivity index (χ3n) is 5.41. The van der Waals surface area contributed by atoms with E-state index in [4.69, 9.17) is 0 Å². The van der Waals surface area contributed by atoms with Crippen molar-refractivity contribution in [3.05, 3.63) is 23.9 Å². The molecule has 3 rings (SSSR count). The first-order valence-electron chi connectivity index (χ1n) is 9.22. The number of hydrogen-bond acceptors (Lipinski definition) is 3. The summed E-state index contributed by atoms with van der Waals surface area (Å²) in [6.45, 7) is 0.962. The first kappa shape index (κ1) is 16.3. The third kappa shape index (κ3) is 4.04. The number of rotatable bonds is 5. The van der Waals surface area contributed by atoms with Crippen molar-refractivity contribution in [3.8, 4) is 0 Å². The van der Waals surface area contributed by atoms with Gasteiger partial charge in [-0.1, -0.05) is 18.9 Å². The number of aryl methyl sites for hydroxylation is 1. The van der Waals surface area contributed by atoms with E-state index in [1.165, 1.54) is 25.7 Å². The second-order valence-electron chi connectivity index (χ2n) is 6.97. The summed E-state index contributed by atoms with van der Waals surface area (Å²) in [6, 6.07) is 6.54. The highest BCUT2D eigenvalue weighted by molar-refractivity contribution is 5.79. The highest BCUT2D eigenvalue weighted by atomic mass is 16.2. The van der Waals surface area contributed by atoms with Crippen molar-refractivity contribution in [1.82, 2.24) is 9.88 Å². The molecule has 0 spiro atoms. The first-order chi connectivity index (χ1) is 11.3. The number of nitrogens with zero attached hydrogens (tertiary/aromatic N) is 2. The molecule has 1 N–H and O–H groups in total. The topological polar surface area (TPSA) is 45.2 Å². The molecule has 1 saturated heterocycles. The Morgan fingerprint density at radius 3 is 2.78 bits per heavy atom. The van der Waals surface area contributed by atoms with Crippen molar-refractivity contribution < 1.29 is 4.79 Å². The van der Waals surface area contributed by atoms with Gasteiger partial charge in [-0.05, 0) is 57.1 Å². The van der Waals surface area contributed by atoms with Crippen LogP contribution in [0, 0.1) is 5.92 Å². The van der Waals surface area contributed by atoms with E-state index >= 15 is 0 Å². The van der Waals surface area contributed by atoms with Gasteiger partial charge in [0.15, 0.2) is 0 Å². The minimum absolute atomic E-state index is 0.307. The maximum Gasteiger partial charge on any atom is 0.225 e. The van der Waals surface area contributed by atoms with Crippen molar-refractivity contribution >= 4 is 11.7 Å². The van der Waals surface area contributed by atoms with Gasteiger partial charge < -0.3 is 10.2 Å². The van der Waals surface area contributed by atoms with Crippen molar-refractivity contribution in [2.75, 3.05) is 18.9 Å². The van der Waals surface area contributed by atoms with Gasteiger partial charge in [-0.15, -0.1) is 0 Å².